The van der Waals surface area contributed by atoms with Gasteiger partial charge in [0, 0.05) is 19.2 Å². The molecule has 1 amide bonds. The molecular formula is C15H22N2O4. The molecule has 0 aromatic carbocycles. The number of ketones is 1. The Hall–Kier alpha value is -2.11. The first-order valence-corrected chi connectivity index (χ1v) is 6.82. The summed E-state index contributed by atoms with van der Waals surface area (Å²) in [5, 5.41) is 2.61. The lowest BCUT2D eigenvalue weighted by Gasteiger charge is -2.19. The van der Waals surface area contributed by atoms with Gasteiger partial charge in [0.05, 0.1) is 12.7 Å². The first-order valence-electron chi connectivity index (χ1n) is 6.82. The van der Waals surface area contributed by atoms with Gasteiger partial charge in [-0.05, 0) is 39.3 Å². The van der Waals surface area contributed by atoms with Crippen molar-refractivity contribution in [2.75, 3.05) is 13.7 Å². The molecule has 1 aromatic rings. The largest absolute Gasteiger partial charge is 0.480 e. The number of ether oxygens (including phenoxy) is 2. The zero-order valence-corrected chi connectivity index (χ0v) is 12.9. The molecule has 6 nitrogen and oxygen atoms in total. The van der Waals surface area contributed by atoms with E-state index in [-0.39, 0.29) is 5.78 Å². The molecule has 1 rings (SSSR count). The highest BCUT2D eigenvalue weighted by molar-refractivity contribution is 5.98. The van der Waals surface area contributed by atoms with Crippen molar-refractivity contribution in [3.05, 3.63) is 23.9 Å². The van der Waals surface area contributed by atoms with E-state index < -0.39 is 11.7 Å². The number of pyridine rings is 1. The summed E-state index contributed by atoms with van der Waals surface area (Å²) in [6.45, 7) is 5.77. The van der Waals surface area contributed by atoms with Crippen molar-refractivity contribution in [2.24, 2.45) is 0 Å². The minimum absolute atomic E-state index is 0.0639. The molecule has 21 heavy (non-hydrogen) atoms. The van der Waals surface area contributed by atoms with Crippen LogP contribution in [0.15, 0.2) is 18.3 Å². The molecule has 0 fully saturated rings. The molecule has 0 saturated heterocycles. The zero-order valence-electron chi connectivity index (χ0n) is 12.9. The van der Waals surface area contributed by atoms with E-state index in [0.717, 1.165) is 0 Å². The lowest BCUT2D eigenvalue weighted by molar-refractivity contribution is 0.0525. The Morgan fingerprint density at radius 2 is 2.05 bits per heavy atom. The lowest BCUT2D eigenvalue weighted by Crippen LogP contribution is -2.33. The van der Waals surface area contributed by atoms with Crippen LogP contribution in [0.3, 0.4) is 0 Å². The number of rotatable bonds is 6. The van der Waals surface area contributed by atoms with Crippen molar-refractivity contribution in [3.63, 3.8) is 0 Å². The number of alkyl carbamates (subject to hydrolysis) is 1. The fourth-order valence-corrected chi connectivity index (χ4v) is 1.65. The van der Waals surface area contributed by atoms with E-state index in [9.17, 15) is 9.59 Å². The minimum atomic E-state index is -0.525. The normalized spacial score (nSPS) is 10.9. The van der Waals surface area contributed by atoms with E-state index >= 15 is 0 Å². The maximum atomic E-state index is 12.0. The lowest BCUT2D eigenvalue weighted by atomic mass is 10.1. The van der Waals surface area contributed by atoms with Gasteiger partial charge in [-0.3, -0.25) is 4.79 Å². The maximum absolute atomic E-state index is 12.0. The monoisotopic (exact) mass is 294 g/mol. The van der Waals surface area contributed by atoms with Crippen molar-refractivity contribution in [3.8, 4) is 5.88 Å². The first kappa shape index (κ1) is 16.9. The second-order valence-electron chi connectivity index (χ2n) is 5.52. The predicted octanol–water partition coefficient (Wildman–Crippen LogP) is 2.58. The second-order valence-corrected chi connectivity index (χ2v) is 5.52. The first-order chi connectivity index (χ1) is 9.83. The van der Waals surface area contributed by atoms with Crippen LogP contribution in [0, 0.1) is 0 Å². The highest BCUT2D eigenvalue weighted by atomic mass is 16.6. The number of Topliss-reactive ketones (excluding diaryl/α,β-unsaturated/α-hetero) is 1. The number of carbonyl (C=O) groups excluding carboxylic acids is 2. The Labute approximate surface area is 124 Å². The predicted molar refractivity (Wildman–Crippen MR) is 78.6 cm³/mol. The van der Waals surface area contributed by atoms with E-state index in [1.54, 1.807) is 39.1 Å². The number of aromatic nitrogens is 1. The summed E-state index contributed by atoms with van der Waals surface area (Å²) < 4.78 is 10.1. The van der Waals surface area contributed by atoms with Crippen molar-refractivity contribution in [1.82, 2.24) is 10.3 Å². The van der Waals surface area contributed by atoms with Crippen LogP contribution in [0.4, 0.5) is 4.79 Å². The van der Waals surface area contributed by atoms with Gasteiger partial charge in [-0.15, -0.1) is 0 Å². The smallest absolute Gasteiger partial charge is 0.407 e. The molecule has 0 atom stereocenters. The summed E-state index contributed by atoms with van der Waals surface area (Å²) in [6.07, 6.45) is 1.92. The molecule has 0 saturated carbocycles. The van der Waals surface area contributed by atoms with Gasteiger partial charge < -0.3 is 14.8 Å². The standard InChI is InChI=1S/C15H22N2O4/c1-15(2,3)21-14(19)17-10-6-8-12(18)11-7-5-9-16-13(11)20-4/h5,7,9H,6,8,10H2,1-4H3,(H,17,19). The Kier molecular flexibility index (Phi) is 6.14. The van der Waals surface area contributed by atoms with Crippen LogP contribution in [0.1, 0.15) is 44.0 Å². The van der Waals surface area contributed by atoms with Crippen molar-refractivity contribution >= 4 is 11.9 Å². The third kappa shape index (κ3) is 6.25. The van der Waals surface area contributed by atoms with Gasteiger partial charge in [-0.25, -0.2) is 9.78 Å². The van der Waals surface area contributed by atoms with Gasteiger partial charge in [0.1, 0.15) is 5.60 Å². The zero-order chi connectivity index (χ0) is 15.9. The second kappa shape index (κ2) is 7.61. The Bertz CT molecular complexity index is 495. The van der Waals surface area contributed by atoms with Crippen LogP contribution in [-0.4, -0.2) is 36.1 Å². The molecule has 0 aliphatic carbocycles. The van der Waals surface area contributed by atoms with Gasteiger partial charge in [-0.2, -0.15) is 0 Å². The molecule has 1 heterocycles. The molecule has 116 valence electrons. The number of hydrogen-bond acceptors (Lipinski definition) is 5. The van der Waals surface area contributed by atoms with Crippen molar-refractivity contribution in [2.45, 2.75) is 39.2 Å². The summed E-state index contributed by atoms with van der Waals surface area (Å²) in [5.74, 6) is 0.258. The van der Waals surface area contributed by atoms with Gasteiger partial charge in [0.2, 0.25) is 5.88 Å². The van der Waals surface area contributed by atoms with Crippen LogP contribution in [0.25, 0.3) is 0 Å². The van der Waals surface area contributed by atoms with Gasteiger partial charge in [-0.1, -0.05) is 0 Å². The molecule has 1 N–H and O–H groups in total. The maximum Gasteiger partial charge on any atom is 0.407 e. The number of amides is 1. The SMILES string of the molecule is COc1ncccc1C(=O)CCCNC(=O)OC(C)(C)C. The van der Waals surface area contributed by atoms with E-state index in [1.807, 2.05) is 0 Å². The third-order valence-corrected chi connectivity index (χ3v) is 2.51. The molecular weight excluding hydrogens is 272 g/mol. The van der Waals surface area contributed by atoms with Crippen LogP contribution in [-0.2, 0) is 4.74 Å². The van der Waals surface area contributed by atoms with E-state index in [0.29, 0.717) is 30.8 Å². The van der Waals surface area contributed by atoms with E-state index in [4.69, 9.17) is 9.47 Å². The summed E-state index contributed by atoms with van der Waals surface area (Å²) >= 11 is 0. The molecule has 0 unspecified atom stereocenters. The highest BCUT2D eigenvalue weighted by Crippen LogP contribution is 2.16. The molecule has 0 radical (unpaired) electrons. The van der Waals surface area contributed by atoms with Crippen molar-refractivity contribution in [1.29, 1.82) is 0 Å². The topological polar surface area (TPSA) is 77.5 Å². The molecule has 6 heteroatoms. The summed E-state index contributed by atoms with van der Waals surface area (Å²) in [7, 11) is 1.48. The number of hydrogen-bond donors (Lipinski definition) is 1. The van der Waals surface area contributed by atoms with Crippen LogP contribution >= 0.6 is 0 Å². The van der Waals surface area contributed by atoms with Crippen LogP contribution < -0.4 is 10.1 Å². The van der Waals surface area contributed by atoms with Crippen LogP contribution in [0.2, 0.25) is 0 Å². The Balaban J connectivity index is 2.36. The molecule has 0 spiro atoms. The Morgan fingerprint density at radius 3 is 2.67 bits per heavy atom. The Morgan fingerprint density at radius 1 is 1.33 bits per heavy atom. The molecule has 1 aromatic heterocycles. The van der Waals surface area contributed by atoms with Gasteiger partial charge in [0.15, 0.2) is 5.78 Å². The molecule has 0 aliphatic heterocycles. The van der Waals surface area contributed by atoms with E-state index in [1.165, 1.54) is 7.11 Å². The fraction of sp³-hybridized carbons (Fsp3) is 0.533. The number of nitrogens with one attached hydrogen (secondary N) is 1. The van der Waals surface area contributed by atoms with Crippen molar-refractivity contribution < 1.29 is 19.1 Å². The van der Waals surface area contributed by atoms with Gasteiger partial charge >= 0.3 is 6.09 Å². The quantitative estimate of drug-likeness (QED) is 0.644. The summed E-state index contributed by atoms with van der Waals surface area (Å²) in [5.41, 5.74) is -0.0690. The third-order valence-electron chi connectivity index (χ3n) is 2.51. The summed E-state index contributed by atoms with van der Waals surface area (Å²) in [6, 6.07) is 3.37. The average molecular weight is 294 g/mol. The number of nitrogens with zero attached hydrogens (tertiary/aromatic N) is 1. The average Bonchev–Trinajstić information content (AvgIpc) is 2.41. The van der Waals surface area contributed by atoms with E-state index in [2.05, 4.69) is 10.3 Å². The van der Waals surface area contributed by atoms with Crippen LogP contribution in [0.5, 0.6) is 5.88 Å². The highest BCUT2D eigenvalue weighted by Gasteiger charge is 2.16. The molecule has 0 bridgehead atoms. The summed E-state index contributed by atoms with van der Waals surface area (Å²) in [4.78, 5) is 27.4. The fourth-order valence-electron chi connectivity index (χ4n) is 1.65. The number of methoxy groups -OCH3 is 1. The molecule has 0 aliphatic rings. The van der Waals surface area contributed by atoms with Gasteiger partial charge in [0.25, 0.3) is 0 Å². The minimum Gasteiger partial charge on any atom is -0.480 e. The number of carbonyl (C=O) groups is 2.